The molecule has 0 aliphatic carbocycles. The van der Waals surface area contributed by atoms with Crippen molar-refractivity contribution in [3.63, 3.8) is 0 Å². The van der Waals surface area contributed by atoms with Crippen LogP contribution < -0.4 is 5.32 Å². The molecule has 0 amide bonds. The molecule has 0 aromatic carbocycles. The number of hydrogen-bond donors (Lipinski definition) is 1. The summed E-state index contributed by atoms with van der Waals surface area (Å²) >= 11 is 0. The molecule has 1 aliphatic heterocycles. The lowest BCUT2D eigenvalue weighted by molar-refractivity contribution is 0.218. The van der Waals surface area contributed by atoms with Gasteiger partial charge in [0.05, 0.1) is 5.69 Å². The summed E-state index contributed by atoms with van der Waals surface area (Å²) < 4.78 is 0. The number of likely N-dealkylation sites (tertiary alicyclic amines) is 1. The molecule has 0 bridgehead atoms. The van der Waals surface area contributed by atoms with Crippen molar-refractivity contribution in [2.45, 2.75) is 52.2 Å². The number of hydrogen-bond acceptors (Lipinski definition) is 3. The summed E-state index contributed by atoms with van der Waals surface area (Å²) in [4.78, 5) is 7.10. The van der Waals surface area contributed by atoms with Gasteiger partial charge in [-0.15, -0.1) is 0 Å². The van der Waals surface area contributed by atoms with Crippen molar-refractivity contribution < 1.29 is 0 Å². The van der Waals surface area contributed by atoms with Gasteiger partial charge in [0.25, 0.3) is 0 Å². The SMILES string of the molecule is CC(C)NCc1cccnc1CN1CCCCC1. The summed E-state index contributed by atoms with van der Waals surface area (Å²) in [6.45, 7) is 8.76. The molecule has 3 heteroatoms. The van der Waals surface area contributed by atoms with Gasteiger partial charge in [-0.05, 0) is 37.6 Å². The fourth-order valence-corrected chi connectivity index (χ4v) is 2.42. The summed E-state index contributed by atoms with van der Waals surface area (Å²) in [5, 5.41) is 3.48. The first-order valence-electron chi connectivity index (χ1n) is 7.14. The molecule has 2 heterocycles. The molecule has 0 unspecified atom stereocenters. The van der Waals surface area contributed by atoms with Crippen LogP contribution in [0.3, 0.4) is 0 Å². The predicted molar refractivity (Wildman–Crippen MR) is 75.3 cm³/mol. The average molecular weight is 247 g/mol. The van der Waals surface area contributed by atoms with Gasteiger partial charge >= 0.3 is 0 Å². The third-order valence-electron chi connectivity index (χ3n) is 3.51. The van der Waals surface area contributed by atoms with Crippen molar-refractivity contribution in [3.05, 3.63) is 29.6 Å². The third kappa shape index (κ3) is 4.07. The van der Waals surface area contributed by atoms with Gasteiger partial charge in [-0.25, -0.2) is 0 Å². The van der Waals surface area contributed by atoms with Crippen molar-refractivity contribution in [3.8, 4) is 0 Å². The molecule has 1 aliphatic rings. The van der Waals surface area contributed by atoms with E-state index in [0.29, 0.717) is 6.04 Å². The Kier molecular flexibility index (Phi) is 5.14. The van der Waals surface area contributed by atoms with E-state index in [0.717, 1.165) is 13.1 Å². The summed E-state index contributed by atoms with van der Waals surface area (Å²) in [6.07, 6.45) is 5.98. The van der Waals surface area contributed by atoms with Crippen LogP contribution in [0, 0.1) is 0 Å². The monoisotopic (exact) mass is 247 g/mol. The molecule has 1 aromatic rings. The van der Waals surface area contributed by atoms with Crippen LogP contribution in [-0.2, 0) is 13.1 Å². The molecule has 1 aromatic heterocycles. The third-order valence-corrected chi connectivity index (χ3v) is 3.51. The van der Waals surface area contributed by atoms with Crippen LogP contribution in [-0.4, -0.2) is 29.0 Å². The number of pyridine rings is 1. The van der Waals surface area contributed by atoms with Crippen LogP contribution >= 0.6 is 0 Å². The minimum absolute atomic E-state index is 0.521. The Morgan fingerprint density at radius 2 is 2.06 bits per heavy atom. The van der Waals surface area contributed by atoms with E-state index in [-0.39, 0.29) is 0 Å². The van der Waals surface area contributed by atoms with E-state index in [4.69, 9.17) is 0 Å². The molecule has 1 saturated heterocycles. The quantitative estimate of drug-likeness (QED) is 0.867. The number of rotatable bonds is 5. The minimum atomic E-state index is 0.521. The molecule has 0 spiro atoms. The van der Waals surface area contributed by atoms with Gasteiger partial charge in [-0.3, -0.25) is 9.88 Å². The highest BCUT2D eigenvalue weighted by Crippen LogP contribution is 2.14. The average Bonchev–Trinajstić information content (AvgIpc) is 2.39. The van der Waals surface area contributed by atoms with Gasteiger partial charge in [-0.1, -0.05) is 26.3 Å². The lowest BCUT2D eigenvalue weighted by atomic mass is 10.1. The number of nitrogens with one attached hydrogen (secondary N) is 1. The summed E-state index contributed by atoms with van der Waals surface area (Å²) in [5.74, 6) is 0. The molecule has 18 heavy (non-hydrogen) atoms. The molecule has 3 nitrogen and oxygen atoms in total. The maximum atomic E-state index is 4.57. The lowest BCUT2D eigenvalue weighted by Gasteiger charge is -2.26. The Hall–Kier alpha value is -0.930. The first kappa shape index (κ1) is 13.5. The normalized spacial score (nSPS) is 17.3. The van der Waals surface area contributed by atoms with E-state index in [1.807, 2.05) is 12.3 Å². The number of piperidine rings is 1. The van der Waals surface area contributed by atoms with E-state index in [9.17, 15) is 0 Å². The van der Waals surface area contributed by atoms with Crippen LogP contribution in [0.5, 0.6) is 0 Å². The van der Waals surface area contributed by atoms with Crippen molar-refractivity contribution in [2.24, 2.45) is 0 Å². The highest BCUT2D eigenvalue weighted by molar-refractivity contribution is 5.19. The summed E-state index contributed by atoms with van der Waals surface area (Å²) in [5.41, 5.74) is 2.59. The second-order valence-electron chi connectivity index (χ2n) is 5.48. The lowest BCUT2D eigenvalue weighted by Crippen LogP contribution is -2.30. The van der Waals surface area contributed by atoms with E-state index >= 15 is 0 Å². The van der Waals surface area contributed by atoms with Crippen LogP contribution in [0.1, 0.15) is 44.4 Å². The zero-order valence-corrected chi connectivity index (χ0v) is 11.7. The Morgan fingerprint density at radius 1 is 1.28 bits per heavy atom. The fraction of sp³-hybridized carbons (Fsp3) is 0.667. The molecule has 1 N–H and O–H groups in total. The second-order valence-corrected chi connectivity index (χ2v) is 5.48. The van der Waals surface area contributed by atoms with E-state index in [1.54, 1.807) is 0 Å². The van der Waals surface area contributed by atoms with E-state index in [1.165, 1.54) is 43.6 Å². The first-order valence-corrected chi connectivity index (χ1v) is 7.14. The Labute approximate surface area is 111 Å². The highest BCUT2D eigenvalue weighted by atomic mass is 15.1. The summed E-state index contributed by atoms with van der Waals surface area (Å²) in [7, 11) is 0. The van der Waals surface area contributed by atoms with Gasteiger partial charge in [0.2, 0.25) is 0 Å². The van der Waals surface area contributed by atoms with Crippen LogP contribution in [0.2, 0.25) is 0 Å². The number of aromatic nitrogens is 1. The minimum Gasteiger partial charge on any atom is -0.310 e. The van der Waals surface area contributed by atoms with Gasteiger partial charge < -0.3 is 5.32 Å². The van der Waals surface area contributed by atoms with Gasteiger partial charge in [0, 0.05) is 25.3 Å². The van der Waals surface area contributed by atoms with Gasteiger partial charge in [0.15, 0.2) is 0 Å². The second kappa shape index (κ2) is 6.86. The Balaban J connectivity index is 1.97. The topological polar surface area (TPSA) is 28.2 Å². The molecule has 100 valence electrons. The van der Waals surface area contributed by atoms with E-state index in [2.05, 4.69) is 35.1 Å². The van der Waals surface area contributed by atoms with Crippen molar-refractivity contribution >= 4 is 0 Å². The number of nitrogens with zero attached hydrogens (tertiary/aromatic N) is 2. The highest BCUT2D eigenvalue weighted by Gasteiger charge is 2.13. The zero-order valence-electron chi connectivity index (χ0n) is 11.7. The van der Waals surface area contributed by atoms with Crippen molar-refractivity contribution in [1.82, 2.24) is 15.2 Å². The maximum absolute atomic E-state index is 4.57. The zero-order chi connectivity index (χ0) is 12.8. The Morgan fingerprint density at radius 3 is 2.78 bits per heavy atom. The molecule has 0 atom stereocenters. The maximum Gasteiger partial charge on any atom is 0.0588 e. The van der Waals surface area contributed by atoms with Crippen molar-refractivity contribution in [2.75, 3.05) is 13.1 Å². The van der Waals surface area contributed by atoms with Crippen LogP contribution in [0.15, 0.2) is 18.3 Å². The molecule has 0 saturated carbocycles. The fourth-order valence-electron chi connectivity index (χ4n) is 2.42. The molecular weight excluding hydrogens is 222 g/mol. The van der Waals surface area contributed by atoms with E-state index < -0.39 is 0 Å². The molecular formula is C15H25N3. The van der Waals surface area contributed by atoms with Crippen LogP contribution in [0.25, 0.3) is 0 Å². The Bertz CT molecular complexity index is 357. The largest absolute Gasteiger partial charge is 0.310 e. The standard InChI is InChI=1S/C15H25N3/c1-13(2)17-11-14-7-6-8-16-15(14)12-18-9-4-3-5-10-18/h6-8,13,17H,3-5,9-12H2,1-2H3. The first-order chi connectivity index (χ1) is 8.75. The van der Waals surface area contributed by atoms with Crippen LogP contribution in [0.4, 0.5) is 0 Å². The molecule has 1 fully saturated rings. The van der Waals surface area contributed by atoms with Gasteiger partial charge in [0.1, 0.15) is 0 Å². The molecule has 0 radical (unpaired) electrons. The smallest absolute Gasteiger partial charge is 0.0588 e. The van der Waals surface area contributed by atoms with Crippen molar-refractivity contribution in [1.29, 1.82) is 0 Å². The molecule has 2 rings (SSSR count). The summed E-state index contributed by atoms with van der Waals surface area (Å²) in [6, 6.07) is 4.76. The van der Waals surface area contributed by atoms with Gasteiger partial charge in [-0.2, -0.15) is 0 Å². The predicted octanol–water partition coefficient (Wildman–Crippen LogP) is 2.57.